The smallest absolute Gasteiger partial charge is 0.131 e. The molecule has 0 bridgehead atoms. The molecule has 0 radical (unpaired) electrons. The van der Waals surface area contributed by atoms with Gasteiger partial charge >= 0.3 is 0 Å². The highest BCUT2D eigenvalue weighted by atomic mass is 79.9. The Morgan fingerprint density at radius 2 is 2.33 bits per heavy atom. The van der Waals surface area contributed by atoms with Gasteiger partial charge < -0.3 is 15.0 Å². The summed E-state index contributed by atoms with van der Waals surface area (Å²) in [6, 6.07) is 5.70. The molecule has 2 aromatic rings. The number of methoxy groups -OCH3 is 1. The maximum atomic E-state index is 6.07. The van der Waals surface area contributed by atoms with Crippen LogP contribution in [0.4, 0.5) is 5.82 Å². The second-order valence-corrected chi connectivity index (χ2v) is 4.62. The first-order valence-electron chi connectivity index (χ1n) is 5.42. The summed E-state index contributed by atoms with van der Waals surface area (Å²) in [6.45, 7) is 4.33. The van der Waals surface area contributed by atoms with Crippen LogP contribution in [0.1, 0.15) is 0 Å². The number of nitrogen functional groups attached to an aromatic ring is 1. The van der Waals surface area contributed by atoms with Crippen molar-refractivity contribution in [3.63, 3.8) is 0 Å². The van der Waals surface area contributed by atoms with Gasteiger partial charge in [-0.1, -0.05) is 22.0 Å². The van der Waals surface area contributed by atoms with E-state index in [0.29, 0.717) is 12.4 Å². The summed E-state index contributed by atoms with van der Waals surface area (Å²) in [6.07, 6.45) is 3.49. The molecule has 0 aliphatic carbocycles. The zero-order valence-corrected chi connectivity index (χ0v) is 11.6. The van der Waals surface area contributed by atoms with Crippen molar-refractivity contribution in [1.82, 2.24) is 9.55 Å². The topological polar surface area (TPSA) is 53.1 Å². The number of hydrogen-bond donors (Lipinski definition) is 1. The molecule has 0 unspecified atom stereocenters. The minimum absolute atomic E-state index is 0.615. The van der Waals surface area contributed by atoms with Crippen molar-refractivity contribution < 1.29 is 4.74 Å². The van der Waals surface area contributed by atoms with E-state index in [1.165, 1.54) is 0 Å². The van der Waals surface area contributed by atoms with E-state index < -0.39 is 0 Å². The van der Waals surface area contributed by atoms with E-state index in [0.717, 1.165) is 21.5 Å². The van der Waals surface area contributed by atoms with Gasteiger partial charge in [0.15, 0.2) is 0 Å². The number of nitrogens with zero attached hydrogens (tertiary/aromatic N) is 2. The number of imidazole rings is 1. The highest BCUT2D eigenvalue weighted by molar-refractivity contribution is 9.10. The number of nitrogens with two attached hydrogens (primary N) is 1. The number of anilines is 1. The van der Waals surface area contributed by atoms with Gasteiger partial charge in [0.1, 0.15) is 17.3 Å². The van der Waals surface area contributed by atoms with Crippen LogP contribution in [-0.4, -0.2) is 16.7 Å². The Hall–Kier alpha value is -1.75. The van der Waals surface area contributed by atoms with Crippen molar-refractivity contribution in [2.24, 2.45) is 0 Å². The van der Waals surface area contributed by atoms with Crippen LogP contribution in [0.25, 0.3) is 11.3 Å². The zero-order valence-electron chi connectivity index (χ0n) is 10.1. The van der Waals surface area contributed by atoms with Crippen molar-refractivity contribution in [3.8, 4) is 17.0 Å². The van der Waals surface area contributed by atoms with Gasteiger partial charge in [0.05, 0.1) is 13.4 Å². The molecule has 0 saturated heterocycles. The molecular formula is C13H14BrN3O. The Balaban J connectivity index is 2.51. The Morgan fingerprint density at radius 1 is 1.56 bits per heavy atom. The number of aromatic nitrogens is 2. The summed E-state index contributed by atoms with van der Waals surface area (Å²) in [5.74, 6) is 1.38. The molecule has 2 N–H and O–H groups in total. The van der Waals surface area contributed by atoms with Crippen molar-refractivity contribution in [3.05, 3.63) is 41.7 Å². The van der Waals surface area contributed by atoms with Crippen LogP contribution in [0.5, 0.6) is 5.75 Å². The van der Waals surface area contributed by atoms with Gasteiger partial charge in [-0.25, -0.2) is 4.98 Å². The first-order valence-corrected chi connectivity index (χ1v) is 6.22. The Morgan fingerprint density at radius 3 is 3.00 bits per heavy atom. The van der Waals surface area contributed by atoms with Gasteiger partial charge in [-0.2, -0.15) is 0 Å². The average molecular weight is 308 g/mol. The quantitative estimate of drug-likeness (QED) is 0.883. The van der Waals surface area contributed by atoms with Gasteiger partial charge in [0.2, 0.25) is 0 Å². The van der Waals surface area contributed by atoms with Crippen LogP contribution in [-0.2, 0) is 6.54 Å². The van der Waals surface area contributed by atoms with Crippen molar-refractivity contribution in [1.29, 1.82) is 0 Å². The maximum Gasteiger partial charge on any atom is 0.131 e. The third-order valence-electron chi connectivity index (χ3n) is 2.63. The second kappa shape index (κ2) is 5.27. The fourth-order valence-corrected chi connectivity index (χ4v) is 2.13. The zero-order chi connectivity index (χ0) is 13.1. The lowest BCUT2D eigenvalue weighted by atomic mass is 10.1. The molecule has 0 aliphatic rings. The predicted molar refractivity (Wildman–Crippen MR) is 76.5 cm³/mol. The largest absolute Gasteiger partial charge is 0.497 e. The maximum absolute atomic E-state index is 6.07. The van der Waals surface area contributed by atoms with E-state index in [-0.39, 0.29) is 0 Å². The Labute approximate surface area is 114 Å². The lowest BCUT2D eigenvalue weighted by Crippen LogP contribution is -2.00. The molecule has 0 atom stereocenters. The fourth-order valence-electron chi connectivity index (χ4n) is 1.70. The minimum atomic E-state index is 0.615. The van der Waals surface area contributed by atoms with Crippen molar-refractivity contribution >= 4 is 21.7 Å². The van der Waals surface area contributed by atoms with Crippen molar-refractivity contribution in [2.45, 2.75) is 6.54 Å². The standard InChI is InChI=1S/C13H14BrN3O/c1-3-6-17-8-16-12(13(17)15)10-7-9(18-2)4-5-11(10)14/h3-5,7-8H,1,6,15H2,2H3. The molecule has 0 fully saturated rings. The Kier molecular flexibility index (Phi) is 3.72. The number of hydrogen-bond acceptors (Lipinski definition) is 3. The number of rotatable bonds is 4. The molecule has 18 heavy (non-hydrogen) atoms. The summed E-state index contributed by atoms with van der Waals surface area (Å²) in [7, 11) is 1.63. The van der Waals surface area contributed by atoms with Gasteiger partial charge in [0.25, 0.3) is 0 Å². The third kappa shape index (κ3) is 2.26. The highest BCUT2D eigenvalue weighted by Gasteiger charge is 2.13. The van der Waals surface area contributed by atoms with Gasteiger partial charge in [-0.05, 0) is 18.2 Å². The molecule has 1 heterocycles. The van der Waals surface area contributed by atoms with Crippen LogP contribution in [0.2, 0.25) is 0 Å². The minimum Gasteiger partial charge on any atom is -0.497 e. The predicted octanol–water partition coefficient (Wildman–Crippen LogP) is 3.09. The van der Waals surface area contributed by atoms with Crippen LogP contribution in [0.3, 0.4) is 0 Å². The molecule has 0 amide bonds. The van der Waals surface area contributed by atoms with E-state index in [1.807, 2.05) is 22.8 Å². The van der Waals surface area contributed by atoms with E-state index >= 15 is 0 Å². The molecule has 4 nitrogen and oxygen atoms in total. The van der Waals surface area contributed by atoms with E-state index in [4.69, 9.17) is 10.5 Å². The van der Waals surface area contributed by atoms with Gasteiger partial charge in [-0.3, -0.25) is 0 Å². The van der Waals surface area contributed by atoms with Gasteiger partial charge in [-0.15, -0.1) is 6.58 Å². The summed E-state index contributed by atoms with van der Waals surface area (Å²) >= 11 is 3.50. The molecule has 0 spiro atoms. The third-order valence-corrected chi connectivity index (χ3v) is 3.32. The molecule has 2 rings (SSSR count). The summed E-state index contributed by atoms with van der Waals surface area (Å²) < 4.78 is 7.98. The normalized spacial score (nSPS) is 10.3. The van der Waals surface area contributed by atoms with Crippen LogP contribution in [0.15, 0.2) is 41.7 Å². The molecule has 1 aromatic carbocycles. The Bertz CT molecular complexity index is 578. The lowest BCUT2D eigenvalue weighted by molar-refractivity contribution is 0.415. The number of ether oxygens (including phenoxy) is 1. The van der Waals surface area contributed by atoms with Crippen LogP contribution < -0.4 is 10.5 Å². The fraction of sp³-hybridized carbons (Fsp3) is 0.154. The summed E-state index contributed by atoms with van der Waals surface area (Å²) in [5, 5.41) is 0. The first kappa shape index (κ1) is 12.7. The van der Waals surface area contributed by atoms with Crippen LogP contribution >= 0.6 is 15.9 Å². The number of allylic oxidation sites excluding steroid dienone is 1. The number of halogens is 1. The molecule has 1 aromatic heterocycles. The average Bonchev–Trinajstić information content (AvgIpc) is 2.73. The molecule has 5 heteroatoms. The van der Waals surface area contributed by atoms with E-state index in [1.54, 1.807) is 19.5 Å². The van der Waals surface area contributed by atoms with E-state index in [9.17, 15) is 0 Å². The SMILES string of the molecule is C=CCn1cnc(-c2cc(OC)ccc2Br)c1N. The monoisotopic (exact) mass is 307 g/mol. The first-order chi connectivity index (χ1) is 8.67. The lowest BCUT2D eigenvalue weighted by Gasteiger charge is -2.07. The van der Waals surface area contributed by atoms with Crippen LogP contribution in [0, 0.1) is 0 Å². The second-order valence-electron chi connectivity index (χ2n) is 3.77. The van der Waals surface area contributed by atoms with Gasteiger partial charge in [0, 0.05) is 16.6 Å². The number of benzene rings is 1. The summed E-state index contributed by atoms with van der Waals surface area (Å²) in [4.78, 5) is 4.35. The van der Waals surface area contributed by atoms with Crippen molar-refractivity contribution in [2.75, 3.05) is 12.8 Å². The molecule has 0 aliphatic heterocycles. The van der Waals surface area contributed by atoms with E-state index in [2.05, 4.69) is 27.5 Å². The molecule has 94 valence electrons. The molecule has 0 saturated carbocycles. The summed E-state index contributed by atoms with van der Waals surface area (Å²) in [5.41, 5.74) is 7.72. The highest BCUT2D eigenvalue weighted by Crippen LogP contribution is 2.33. The molecular weight excluding hydrogens is 294 g/mol.